The standard InChI is InChI=1S/C20H21N3O3/c1-3-14-6-4-5-7-17(14)21-18(24)12-13-19-22-23-20(26-19)15-8-10-16(25-2)11-9-15/h4-11H,3,12-13H2,1-2H3,(H,21,24). The van der Waals surface area contributed by atoms with E-state index in [2.05, 4.69) is 22.4 Å². The van der Waals surface area contributed by atoms with Crippen LogP contribution in [-0.4, -0.2) is 23.2 Å². The molecule has 1 N–H and O–H groups in total. The van der Waals surface area contributed by atoms with Gasteiger partial charge in [-0.05, 0) is 42.3 Å². The minimum atomic E-state index is -0.0740. The van der Waals surface area contributed by atoms with Crippen LogP contribution in [0, 0.1) is 0 Å². The highest BCUT2D eigenvalue weighted by atomic mass is 16.5. The zero-order valence-electron chi connectivity index (χ0n) is 14.9. The SMILES string of the molecule is CCc1ccccc1NC(=O)CCc1nnc(-c2ccc(OC)cc2)o1. The summed E-state index contributed by atoms with van der Waals surface area (Å²) in [6, 6.07) is 15.2. The molecule has 1 aromatic heterocycles. The van der Waals surface area contributed by atoms with Crippen LogP contribution in [-0.2, 0) is 17.6 Å². The van der Waals surface area contributed by atoms with Crippen LogP contribution < -0.4 is 10.1 Å². The smallest absolute Gasteiger partial charge is 0.247 e. The Morgan fingerprint density at radius 3 is 2.62 bits per heavy atom. The number of para-hydroxylation sites is 1. The third-order valence-corrected chi connectivity index (χ3v) is 4.04. The quantitative estimate of drug-likeness (QED) is 0.699. The van der Waals surface area contributed by atoms with Crippen molar-refractivity contribution in [3.05, 3.63) is 60.0 Å². The first-order valence-corrected chi connectivity index (χ1v) is 8.54. The van der Waals surface area contributed by atoms with E-state index in [1.165, 1.54) is 0 Å². The number of anilines is 1. The Labute approximate surface area is 152 Å². The largest absolute Gasteiger partial charge is 0.497 e. The molecule has 0 fully saturated rings. The van der Waals surface area contributed by atoms with Gasteiger partial charge in [0.05, 0.1) is 7.11 Å². The van der Waals surface area contributed by atoms with E-state index in [1.54, 1.807) is 7.11 Å². The van der Waals surface area contributed by atoms with Crippen LogP contribution in [0.3, 0.4) is 0 Å². The van der Waals surface area contributed by atoms with Crippen LogP contribution in [0.2, 0.25) is 0 Å². The Hall–Kier alpha value is -3.15. The molecule has 0 atom stereocenters. The highest BCUT2D eigenvalue weighted by Crippen LogP contribution is 2.21. The summed E-state index contributed by atoms with van der Waals surface area (Å²) in [7, 11) is 1.61. The lowest BCUT2D eigenvalue weighted by Crippen LogP contribution is -2.13. The number of hydrogen-bond donors (Lipinski definition) is 1. The van der Waals surface area contributed by atoms with Crippen molar-refractivity contribution in [2.75, 3.05) is 12.4 Å². The first-order chi connectivity index (χ1) is 12.7. The van der Waals surface area contributed by atoms with Crippen LogP contribution in [0.15, 0.2) is 52.9 Å². The average molecular weight is 351 g/mol. The van der Waals surface area contributed by atoms with Crippen LogP contribution in [0.5, 0.6) is 5.75 Å². The van der Waals surface area contributed by atoms with Crippen LogP contribution in [0.1, 0.15) is 24.8 Å². The second-order valence-electron chi connectivity index (χ2n) is 5.79. The Kier molecular flexibility index (Phi) is 5.63. The van der Waals surface area contributed by atoms with Gasteiger partial charge in [0.25, 0.3) is 0 Å². The maximum absolute atomic E-state index is 12.2. The van der Waals surface area contributed by atoms with E-state index in [1.807, 2.05) is 48.5 Å². The molecule has 2 aromatic carbocycles. The normalized spacial score (nSPS) is 10.5. The van der Waals surface area contributed by atoms with E-state index >= 15 is 0 Å². The van der Waals surface area contributed by atoms with Crippen molar-refractivity contribution in [3.63, 3.8) is 0 Å². The summed E-state index contributed by atoms with van der Waals surface area (Å²) in [5.74, 6) is 1.56. The first-order valence-electron chi connectivity index (χ1n) is 8.54. The summed E-state index contributed by atoms with van der Waals surface area (Å²) in [6.45, 7) is 2.06. The van der Waals surface area contributed by atoms with Gasteiger partial charge in [0.15, 0.2) is 0 Å². The van der Waals surface area contributed by atoms with E-state index in [-0.39, 0.29) is 12.3 Å². The van der Waals surface area contributed by atoms with Gasteiger partial charge in [-0.2, -0.15) is 0 Å². The third-order valence-electron chi connectivity index (χ3n) is 4.04. The molecule has 26 heavy (non-hydrogen) atoms. The van der Waals surface area contributed by atoms with E-state index in [4.69, 9.17) is 9.15 Å². The van der Waals surface area contributed by atoms with Crippen LogP contribution >= 0.6 is 0 Å². The number of nitrogens with one attached hydrogen (secondary N) is 1. The Morgan fingerprint density at radius 1 is 1.12 bits per heavy atom. The Balaban J connectivity index is 1.58. The second kappa shape index (κ2) is 8.29. The van der Waals surface area contributed by atoms with Gasteiger partial charge in [-0.25, -0.2) is 0 Å². The summed E-state index contributed by atoms with van der Waals surface area (Å²) in [4.78, 5) is 12.2. The summed E-state index contributed by atoms with van der Waals surface area (Å²) < 4.78 is 10.8. The zero-order chi connectivity index (χ0) is 18.4. The van der Waals surface area contributed by atoms with E-state index in [0.717, 1.165) is 29.0 Å². The highest BCUT2D eigenvalue weighted by molar-refractivity contribution is 5.91. The topological polar surface area (TPSA) is 77.2 Å². The lowest BCUT2D eigenvalue weighted by atomic mass is 10.1. The number of benzene rings is 2. The van der Waals surface area contributed by atoms with Gasteiger partial charge in [0.1, 0.15) is 5.75 Å². The van der Waals surface area contributed by atoms with E-state index in [0.29, 0.717) is 18.2 Å². The minimum absolute atomic E-state index is 0.0740. The number of amides is 1. The van der Waals surface area contributed by atoms with Gasteiger partial charge in [-0.15, -0.1) is 10.2 Å². The second-order valence-corrected chi connectivity index (χ2v) is 5.79. The number of carbonyl (C=O) groups is 1. The highest BCUT2D eigenvalue weighted by Gasteiger charge is 2.11. The van der Waals surface area contributed by atoms with Gasteiger partial charge in [0, 0.05) is 24.1 Å². The van der Waals surface area contributed by atoms with Gasteiger partial charge >= 0.3 is 0 Å². The fraction of sp³-hybridized carbons (Fsp3) is 0.250. The van der Waals surface area contributed by atoms with E-state index in [9.17, 15) is 4.79 Å². The molecule has 0 saturated carbocycles. The number of nitrogens with zero attached hydrogens (tertiary/aromatic N) is 2. The fourth-order valence-electron chi connectivity index (χ4n) is 2.59. The molecule has 6 nitrogen and oxygen atoms in total. The maximum Gasteiger partial charge on any atom is 0.247 e. The van der Waals surface area contributed by atoms with Gasteiger partial charge in [-0.1, -0.05) is 25.1 Å². The molecule has 0 aliphatic heterocycles. The van der Waals surface area contributed by atoms with Crippen molar-refractivity contribution in [2.45, 2.75) is 26.2 Å². The summed E-state index contributed by atoms with van der Waals surface area (Å²) in [5, 5.41) is 11.0. The van der Waals surface area contributed by atoms with Crippen molar-refractivity contribution >= 4 is 11.6 Å². The average Bonchev–Trinajstić information content (AvgIpc) is 3.16. The molecule has 0 radical (unpaired) electrons. The minimum Gasteiger partial charge on any atom is -0.497 e. The predicted octanol–water partition coefficient (Wildman–Crippen LogP) is 3.88. The number of rotatable bonds is 7. The fourth-order valence-corrected chi connectivity index (χ4v) is 2.59. The molecule has 0 unspecified atom stereocenters. The lowest BCUT2D eigenvalue weighted by Gasteiger charge is -2.08. The molecule has 0 saturated heterocycles. The number of hydrogen-bond acceptors (Lipinski definition) is 5. The number of aromatic nitrogens is 2. The van der Waals surface area contributed by atoms with Crippen molar-refractivity contribution in [1.82, 2.24) is 10.2 Å². The van der Waals surface area contributed by atoms with Gasteiger partial charge in [-0.3, -0.25) is 4.79 Å². The number of ether oxygens (including phenoxy) is 1. The first kappa shape index (κ1) is 17.7. The molecule has 0 aliphatic carbocycles. The molecule has 0 aliphatic rings. The molecule has 0 bridgehead atoms. The number of carbonyl (C=O) groups excluding carboxylic acids is 1. The molecular weight excluding hydrogens is 330 g/mol. The summed E-state index contributed by atoms with van der Waals surface area (Å²) >= 11 is 0. The van der Waals surface area contributed by atoms with Gasteiger partial charge < -0.3 is 14.5 Å². The van der Waals surface area contributed by atoms with Crippen molar-refractivity contribution < 1.29 is 13.9 Å². The van der Waals surface area contributed by atoms with Crippen LogP contribution in [0.4, 0.5) is 5.69 Å². The zero-order valence-corrected chi connectivity index (χ0v) is 14.9. The predicted molar refractivity (Wildman–Crippen MR) is 99.1 cm³/mol. The maximum atomic E-state index is 12.2. The molecule has 1 heterocycles. The van der Waals surface area contributed by atoms with Crippen molar-refractivity contribution in [3.8, 4) is 17.2 Å². The Bertz CT molecular complexity index is 872. The molecule has 0 spiro atoms. The van der Waals surface area contributed by atoms with Crippen molar-refractivity contribution in [2.24, 2.45) is 0 Å². The molecular formula is C20H21N3O3. The molecule has 6 heteroatoms. The van der Waals surface area contributed by atoms with E-state index < -0.39 is 0 Å². The van der Waals surface area contributed by atoms with Crippen molar-refractivity contribution in [1.29, 1.82) is 0 Å². The molecule has 1 amide bonds. The summed E-state index contributed by atoms with van der Waals surface area (Å²) in [6.07, 6.45) is 1.54. The third kappa shape index (κ3) is 4.27. The van der Waals surface area contributed by atoms with Gasteiger partial charge in [0.2, 0.25) is 17.7 Å². The molecule has 3 rings (SSSR count). The Morgan fingerprint density at radius 2 is 1.88 bits per heavy atom. The monoisotopic (exact) mass is 351 g/mol. The summed E-state index contributed by atoms with van der Waals surface area (Å²) in [5.41, 5.74) is 2.77. The number of aryl methyl sites for hydroxylation is 2. The molecule has 134 valence electrons. The number of methoxy groups -OCH3 is 1. The molecule has 3 aromatic rings. The van der Waals surface area contributed by atoms with Crippen LogP contribution in [0.25, 0.3) is 11.5 Å². The lowest BCUT2D eigenvalue weighted by molar-refractivity contribution is -0.116.